The number of H-pyrrole nitrogens is 1. The first-order chi connectivity index (χ1) is 11.5. The van der Waals surface area contributed by atoms with Crippen molar-refractivity contribution in [1.82, 2.24) is 15.1 Å². The molecule has 7 heteroatoms. The van der Waals surface area contributed by atoms with Gasteiger partial charge in [0.25, 0.3) is 5.91 Å². The summed E-state index contributed by atoms with van der Waals surface area (Å²) < 4.78 is 0. The van der Waals surface area contributed by atoms with Crippen molar-refractivity contribution in [3.63, 3.8) is 0 Å². The Morgan fingerprint density at radius 2 is 2.04 bits per heavy atom. The fourth-order valence-electron chi connectivity index (χ4n) is 3.00. The molecule has 24 heavy (non-hydrogen) atoms. The number of benzene rings is 1. The highest BCUT2D eigenvalue weighted by Crippen LogP contribution is 2.22. The highest BCUT2D eigenvalue weighted by atomic mass is 16.2. The van der Waals surface area contributed by atoms with Gasteiger partial charge in [0.15, 0.2) is 5.69 Å². The molecule has 2 amide bonds. The molecule has 0 saturated carbocycles. The molecule has 4 N–H and O–H groups in total. The molecule has 1 aromatic carbocycles. The smallest absolute Gasteiger partial charge is 0.271 e. The molecule has 0 saturated heterocycles. The van der Waals surface area contributed by atoms with Crippen LogP contribution in [0.15, 0.2) is 24.3 Å². The number of anilines is 1. The summed E-state index contributed by atoms with van der Waals surface area (Å²) in [5, 5.41) is 9.30. The summed E-state index contributed by atoms with van der Waals surface area (Å²) in [5.74, 6) is -0.851. The molecule has 2 aromatic rings. The zero-order chi connectivity index (χ0) is 17.3. The zero-order valence-corrected chi connectivity index (χ0v) is 13.8. The number of nitrogens with two attached hydrogens (primary N) is 1. The summed E-state index contributed by atoms with van der Waals surface area (Å²) >= 11 is 0. The van der Waals surface area contributed by atoms with E-state index in [-0.39, 0.29) is 17.6 Å². The lowest BCUT2D eigenvalue weighted by Gasteiger charge is -2.32. The van der Waals surface area contributed by atoms with Crippen LogP contribution in [0.2, 0.25) is 0 Å². The van der Waals surface area contributed by atoms with E-state index >= 15 is 0 Å². The Kier molecular flexibility index (Phi) is 4.35. The van der Waals surface area contributed by atoms with Crippen molar-refractivity contribution in [1.29, 1.82) is 0 Å². The minimum atomic E-state index is -0.672. The van der Waals surface area contributed by atoms with E-state index < -0.39 is 5.91 Å². The third-order valence-electron chi connectivity index (χ3n) is 4.52. The molecule has 0 fully saturated rings. The van der Waals surface area contributed by atoms with Gasteiger partial charge >= 0.3 is 0 Å². The third-order valence-corrected chi connectivity index (χ3v) is 4.52. The number of nitrogens with zero attached hydrogens (tertiary/aromatic N) is 2. The number of carbonyl (C=O) groups is 2. The Bertz CT molecular complexity index is 783. The fraction of sp³-hybridized carbons (Fsp3) is 0.353. The molecule has 1 aliphatic rings. The van der Waals surface area contributed by atoms with Gasteiger partial charge in [-0.1, -0.05) is 24.3 Å². The van der Waals surface area contributed by atoms with Gasteiger partial charge in [-0.15, -0.1) is 0 Å². The predicted octanol–water partition coefficient (Wildman–Crippen LogP) is 1.20. The highest BCUT2D eigenvalue weighted by Gasteiger charge is 2.27. The summed E-state index contributed by atoms with van der Waals surface area (Å²) in [6.45, 7) is 5.15. The van der Waals surface area contributed by atoms with E-state index in [1.165, 1.54) is 11.1 Å². The summed E-state index contributed by atoms with van der Waals surface area (Å²) in [4.78, 5) is 26.1. The second kappa shape index (κ2) is 6.45. The van der Waals surface area contributed by atoms with Gasteiger partial charge in [-0.05, 0) is 31.4 Å². The van der Waals surface area contributed by atoms with Crippen molar-refractivity contribution in [3.8, 4) is 0 Å². The number of primary amides is 1. The molecule has 0 aliphatic carbocycles. The Morgan fingerprint density at radius 1 is 1.33 bits per heavy atom. The average molecular weight is 327 g/mol. The van der Waals surface area contributed by atoms with E-state index in [0.717, 1.165) is 19.5 Å². The maximum absolute atomic E-state index is 12.6. The van der Waals surface area contributed by atoms with Gasteiger partial charge in [0, 0.05) is 13.1 Å². The predicted molar refractivity (Wildman–Crippen MR) is 90.5 cm³/mol. The molecule has 1 unspecified atom stereocenters. The van der Waals surface area contributed by atoms with Crippen LogP contribution < -0.4 is 11.1 Å². The number of fused-ring (bicyclic) bond motifs is 1. The fourth-order valence-corrected chi connectivity index (χ4v) is 3.00. The average Bonchev–Trinajstić information content (AvgIpc) is 2.94. The molecular formula is C17H21N5O2. The van der Waals surface area contributed by atoms with Gasteiger partial charge < -0.3 is 11.1 Å². The van der Waals surface area contributed by atoms with Crippen LogP contribution in [-0.2, 0) is 17.8 Å². The number of carbonyl (C=O) groups excluding carboxylic acids is 2. The quantitative estimate of drug-likeness (QED) is 0.785. The van der Waals surface area contributed by atoms with Crippen LogP contribution in [-0.4, -0.2) is 39.5 Å². The van der Waals surface area contributed by atoms with Crippen molar-refractivity contribution in [3.05, 3.63) is 46.8 Å². The summed E-state index contributed by atoms with van der Waals surface area (Å²) in [6, 6.07) is 7.95. The molecule has 1 aliphatic heterocycles. The first-order valence-corrected chi connectivity index (χ1v) is 7.94. The maximum Gasteiger partial charge on any atom is 0.271 e. The van der Waals surface area contributed by atoms with E-state index in [2.05, 4.69) is 32.5 Å². The molecule has 0 spiro atoms. The van der Waals surface area contributed by atoms with Gasteiger partial charge in [-0.25, -0.2) is 0 Å². The van der Waals surface area contributed by atoms with E-state index in [1.807, 2.05) is 19.1 Å². The topological polar surface area (TPSA) is 104 Å². The summed E-state index contributed by atoms with van der Waals surface area (Å²) in [6.07, 6.45) is 0.922. The molecule has 126 valence electrons. The lowest BCUT2D eigenvalue weighted by molar-refractivity contribution is -0.121. The molecule has 1 aromatic heterocycles. The Morgan fingerprint density at radius 3 is 2.75 bits per heavy atom. The van der Waals surface area contributed by atoms with Gasteiger partial charge in [-0.3, -0.25) is 19.6 Å². The Hall–Kier alpha value is -2.67. The number of hydrogen-bond donors (Lipinski definition) is 3. The standard InChI is InChI=1S/C17H21N5O2/c1-10-14(15(16(18)23)21-20-10)19-17(24)11(2)22-8-7-12-5-3-4-6-13(12)9-22/h3-6,11H,7-9H2,1-2H3,(H2,18,23)(H,19,24)(H,20,21). The molecule has 7 nitrogen and oxygen atoms in total. The molecule has 0 radical (unpaired) electrons. The van der Waals surface area contributed by atoms with Gasteiger partial charge in [0.05, 0.1) is 17.4 Å². The first kappa shape index (κ1) is 16.2. The number of aromatic amines is 1. The number of nitrogens with one attached hydrogen (secondary N) is 2. The lowest BCUT2D eigenvalue weighted by Crippen LogP contribution is -2.44. The first-order valence-electron chi connectivity index (χ1n) is 7.94. The number of aromatic nitrogens is 2. The molecule has 0 bridgehead atoms. The summed E-state index contributed by atoms with van der Waals surface area (Å²) in [5.41, 5.74) is 8.90. The summed E-state index contributed by atoms with van der Waals surface area (Å²) in [7, 11) is 0. The normalized spacial score (nSPS) is 15.6. The van der Waals surface area contributed by atoms with Crippen LogP contribution in [0.25, 0.3) is 0 Å². The lowest BCUT2D eigenvalue weighted by atomic mass is 9.99. The van der Waals surface area contributed by atoms with E-state index in [4.69, 9.17) is 5.73 Å². The minimum absolute atomic E-state index is 0.0528. The number of rotatable bonds is 4. The zero-order valence-electron chi connectivity index (χ0n) is 13.8. The Labute approximate surface area is 140 Å². The highest BCUT2D eigenvalue weighted by molar-refractivity contribution is 6.03. The van der Waals surface area contributed by atoms with Crippen LogP contribution in [0, 0.1) is 6.92 Å². The largest absolute Gasteiger partial charge is 0.364 e. The van der Waals surface area contributed by atoms with Crippen molar-refractivity contribution in [2.24, 2.45) is 5.73 Å². The van der Waals surface area contributed by atoms with Crippen LogP contribution in [0.5, 0.6) is 0 Å². The van der Waals surface area contributed by atoms with Crippen molar-refractivity contribution >= 4 is 17.5 Å². The van der Waals surface area contributed by atoms with Crippen molar-refractivity contribution in [2.75, 3.05) is 11.9 Å². The Balaban J connectivity index is 1.72. The third kappa shape index (κ3) is 3.03. The van der Waals surface area contributed by atoms with E-state index in [0.29, 0.717) is 11.4 Å². The number of aryl methyl sites for hydroxylation is 1. The maximum atomic E-state index is 12.6. The second-order valence-electron chi connectivity index (χ2n) is 6.09. The van der Waals surface area contributed by atoms with Crippen LogP contribution in [0.3, 0.4) is 0 Å². The monoisotopic (exact) mass is 327 g/mol. The number of hydrogen-bond acceptors (Lipinski definition) is 4. The van der Waals surface area contributed by atoms with Gasteiger partial charge in [0.1, 0.15) is 0 Å². The van der Waals surface area contributed by atoms with Crippen molar-refractivity contribution in [2.45, 2.75) is 32.9 Å². The van der Waals surface area contributed by atoms with E-state index in [1.54, 1.807) is 6.92 Å². The van der Waals surface area contributed by atoms with Gasteiger partial charge in [-0.2, -0.15) is 5.10 Å². The second-order valence-corrected chi connectivity index (χ2v) is 6.09. The van der Waals surface area contributed by atoms with E-state index in [9.17, 15) is 9.59 Å². The van der Waals surface area contributed by atoms with Crippen LogP contribution >= 0.6 is 0 Å². The van der Waals surface area contributed by atoms with Crippen molar-refractivity contribution < 1.29 is 9.59 Å². The number of amides is 2. The molecule has 3 rings (SSSR count). The SMILES string of the molecule is Cc1[nH]nc(C(N)=O)c1NC(=O)C(C)N1CCc2ccccc2C1. The van der Waals surface area contributed by atoms with Crippen LogP contribution in [0.4, 0.5) is 5.69 Å². The molecule has 2 heterocycles. The van der Waals surface area contributed by atoms with Crippen LogP contribution in [0.1, 0.15) is 34.2 Å². The minimum Gasteiger partial charge on any atom is -0.364 e. The van der Waals surface area contributed by atoms with Gasteiger partial charge in [0.2, 0.25) is 5.91 Å². The molecule has 1 atom stereocenters. The molecular weight excluding hydrogens is 306 g/mol.